The van der Waals surface area contributed by atoms with Crippen molar-refractivity contribution in [3.05, 3.63) is 23.8 Å². The Hall–Kier alpha value is -1.75. The molecule has 5 heteroatoms. The zero-order valence-corrected chi connectivity index (χ0v) is 17.8. The van der Waals surface area contributed by atoms with Crippen molar-refractivity contribution in [3.63, 3.8) is 0 Å². The zero-order chi connectivity index (χ0) is 20.0. The lowest BCUT2D eigenvalue weighted by Crippen LogP contribution is -2.60. The van der Waals surface area contributed by atoms with Crippen LogP contribution in [-0.2, 0) is 4.79 Å². The Balaban J connectivity index is 1.28. The Kier molecular flexibility index (Phi) is 4.97. The SMILES string of the molecule is COc1ccc(OC)c([C@@H]2CCCN2CC(=O)NC23CC4CC(CC(C4)C2)C3)c1. The van der Waals surface area contributed by atoms with Gasteiger partial charge in [0.15, 0.2) is 0 Å². The highest BCUT2D eigenvalue weighted by Crippen LogP contribution is 2.55. The van der Waals surface area contributed by atoms with Crippen LogP contribution >= 0.6 is 0 Å². The van der Waals surface area contributed by atoms with Crippen molar-refractivity contribution >= 4 is 5.91 Å². The summed E-state index contributed by atoms with van der Waals surface area (Å²) in [5.41, 5.74) is 1.22. The molecule has 158 valence electrons. The predicted octanol–water partition coefficient (Wildman–Crippen LogP) is 3.93. The van der Waals surface area contributed by atoms with Gasteiger partial charge < -0.3 is 14.8 Å². The van der Waals surface area contributed by atoms with Crippen LogP contribution in [0.2, 0.25) is 0 Å². The van der Waals surface area contributed by atoms with E-state index in [-0.39, 0.29) is 17.5 Å². The highest BCUT2D eigenvalue weighted by atomic mass is 16.5. The maximum absolute atomic E-state index is 13.1. The molecule has 1 aromatic rings. The molecular weight excluding hydrogens is 364 g/mol. The molecule has 5 fully saturated rings. The number of carbonyl (C=O) groups is 1. The first-order valence-corrected chi connectivity index (χ1v) is 11.3. The van der Waals surface area contributed by atoms with Crippen molar-refractivity contribution < 1.29 is 14.3 Å². The summed E-state index contributed by atoms with van der Waals surface area (Å²) in [5, 5.41) is 3.54. The van der Waals surface area contributed by atoms with Gasteiger partial charge in [0, 0.05) is 17.1 Å². The summed E-state index contributed by atoms with van der Waals surface area (Å²) < 4.78 is 11.1. The molecule has 4 bridgehead atoms. The molecule has 5 nitrogen and oxygen atoms in total. The molecule has 1 heterocycles. The molecule has 0 radical (unpaired) electrons. The number of hydrogen-bond donors (Lipinski definition) is 1. The Labute approximate surface area is 174 Å². The summed E-state index contributed by atoms with van der Waals surface area (Å²) in [7, 11) is 3.40. The van der Waals surface area contributed by atoms with Gasteiger partial charge in [-0.15, -0.1) is 0 Å². The summed E-state index contributed by atoms with van der Waals surface area (Å²) >= 11 is 0. The highest BCUT2D eigenvalue weighted by molar-refractivity contribution is 5.79. The van der Waals surface area contributed by atoms with E-state index < -0.39 is 0 Å². The van der Waals surface area contributed by atoms with E-state index in [0.29, 0.717) is 6.54 Å². The van der Waals surface area contributed by atoms with Gasteiger partial charge in [0.1, 0.15) is 11.5 Å². The zero-order valence-electron chi connectivity index (χ0n) is 17.8. The van der Waals surface area contributed by atoms with Crippen LogP contribution in [0.15, 0.2) is 18.2 Å². The number of ether oxygens (including phenoxy) is 2. The van der Waals surface area contributed by atoms with Crippen LogP contribution < -0.4 is 14.8 Å². The average molecular weight is 399 g/mol. The first-order valence-electron chi connectivity index (χ1n) is 11.3. The molecule has 0 spiro atoms. The van der Waals surface area contributed by atoms with Crippen LogP contribution in [0.4, 0.5) is 0 Å². The molecular formula is C24H34N2O3. The van der Waals surface area contributed by atoms with Gasteiger partial charge in [-0.2, -0.15) is 0 Å². The van der Waals surface area contributed by atoms with E-state index in [0.717, 1.165) is 54.2 Å². The molecule has 1 aliphatic heterocycles. The van der Waals surface area contributed by atoms with Crippen LogP contribution in [0.5, 0.6) is 11.5 Å². The molecule has 1 saturated heterocycles. The number of nitrogens with zero attached hydrogens (tertiary/aromatic N) is 1. The molecule has 5 aliphatic rings. The Morgan fingerprint density at radius 2 is 1.79 bits per heavy atom. The second kappa shape index (κ2) is 7.50. The van der Waals surface area contributed by atoms with Gasteiger partial charge in [-0.25, -0.2) is 0 Å². The molecule has 4 aliphatic carbocycles. The van der Waals surface area contributed by atoms with E-state index in [1.165, 1.54) is 38.5 Å². The summed E-state index contributed by atoms with van der Waals surface area (Å²) in [6, 6.07) is 6.18. The monoisotopic (exact) mass is 398 g/mol. The number of nitrogens with one attached hydrogen (secondary N) is 1. The second-order valence-electron chi connectivity index (χ2n) is 9.98. The summed E-state index contributed by atoms with van der Waals surface area (Å²) in [6.45, 7) is 1.44. The Morgan fingerprint density at radius 1 is 1.10 bits per heavy atom. The molecule has 0 aromatic heterocycles. The van der Waals surface area contributed by atoms with E-state index >= 15 is 0 Å². The van der Waals surface area contributed by atoms with E-state index in [4.69, 9.17) is 9.47 Å². The minimum atomic E-state index is 0.0920. The quantitative estimate of drug-likeness (QED) is 0.789. The van der Waals surface area contributed by atoms with Crippen molar-refractivity contribution in [2.75, 3.05) is 27.3 Å². The third-order valence-electron chi connectivity index (χ3n) is 7.95. The number of methoxy groups -OCH3 is 2. The van der Waals surface area contributed by atoms with Crippen molar-refractivity contribution in [2.24, 2.45) is 17.8 Å². The number of likely N-dealkylation sites (tertiary alicyclic amines) is 1. The number of amides is 1. The predicted molar refractivity (Wildman–Crippen MR) is 112 cm³/mol. The summed E-state index contributed by atoms with van der Waals surface area (Å²) in [4.78, 5) is 15.5. The van der Waals surface area contributed by atoms with Gasteiger partial charge in [0.25, 0.3) is 0 Å². The second-order valence-corrected chi connectivity index (χ2v) is 9.98. The molecule has 1 atom stereocenters. The lowest BCUT2D eigenvalue weighted by molar-refractivity contribution is -0.128. The minimum Gasteiger partial charge on any atom is -0.497 e. The van der Waals surface area contributed by atoms with Crippen molar-refractivity contribution in [1.82, 2.24) is 10.2 Å². The molecule has 0 unspecified atom stereocenters. The number of rotatable bonds is 6. The number of hydrogen-bond acceptors (Lipinski definition) is 4. The molecule has 4 saturated carbocycles. The maximum atomic E-state index is 13.1. The maximum Gasteiger partial charge on any atom is 0.234 e. The number of benzene rings is 1. The largest absolute Gasteiger partial charge is 0.497 e. The fourth-order valence-electron chi connectivity index (χ4n) is 7.25. The third kappa shape index (κ3) is 3.63. The smallest absolute Gasteiger partial charge is 0.234 e. The Bertz CT molecular complexity index is 742. The normalized spacial score (nSPS) is 35.7. The lowest BCUT2D eigenvalue weighted by Gasteiger charge is -2.57. The molecule has 6 rings (SSSR count). The van der Waals surface area contributed by atoms with E-state index in [2.05, 4.69) is 16.3 Å². The average Bonchev–Trinajstić information content (AvgIpc) is 3.13. The van der Waals surface area contributed by atoms with Crippen LogP contribution in [0, 0.1) is 17.8 Å². The van der Waals surface area contributed by atoms with Gasteiger partial charge in [-0.1, -0.05) is 0 Å². The Morgan fingerprint density at radius 3 is 2.41 bits per heavy atom. The molecule has 1 N–H and O–H groups in total. The van der Waals surface area contributed by atoms with Gasteiger partial charge in [-0.05, 0) is 93.9 Å². The third-order valence-corrected chi connectivity index (χ3v) is 7.95. The first kappa shape index (κ1) is 19.2. The van der Waals surface area contributed by atoms with E-state index in [1.807, 2.05) is 12.1 Å². The highest BCUT2D eigenvalue weighted by Gasteiger charge is 2.51. The lowest BCUT2D eigenvalue weighted by atomic mass is 9.53. The van der Waals surface area contributed by atoms with Gasteiger partial charge in [0.2, 0.25) is 5.91 Å². The van der Waals surface area contributed by atoms with Gasteiger partial charge in [0.05, 0.1) is 20.8 Å². The van der Waals surface area contributed by atoms with Gasteiger partial charge >= 0.3 is 0 Å². The molecule has 1 amide bonds. The molecule has 29 heavy (non-hydrogen) atoms. The fraction of sp³-hybridized carbons (Fsp3) is 0.708. The van der Waals surface area contributed by atoms with Crippen LogP contribution in [-0.4, -0.2) is 43.7 Å². The standard InChI is InChI=1S/C24H34N2O3/c1-28-19-5-6-22(29-2)20(11-19)21-4-3-7-26(21)15-23(27)25-24-12-16-8-17(13-24)10-18(9-16)14-24/h5-6,11,16-18,21H,3-4,7-10,12-15H2,1-2H3,(H,25,27)/t16?,17?,18?,21-,24?/m0/s1. The first-order chi connectivity index (χ1) is 14.1. The fourth-order valence-corrected chi connectivity index (χ4v) is 7.25. The number of carbonyl (C=O) groups excluding carboxylic acids is 1. The van der Waals surface area contributed by atoms with Crippen LogP contribution in [0.1, 0.15) is 63.0 Å². The van der Waals surface area contributed by atoms with Crippen LogP contribution in [0.3, 0.4) is 0 Å². The summed E-state index contributed by atoms with van der Waals surface area (Å²) in [6.07, 6.45) is 9.98. The van der Waals surface area contributed by atoms with Crippen molar-refractivity contribution in [3.8, 4) is 11.5 Å². The van der Waals surface area contributed by atoms with Crippen molar-refractivity contribution in [1.29, 1.82) is 0 Å². The van der Waals surface area contributed by atoms with Gasteiger partial charge in [-0.3, -0.25) is 9.69 Å². The van der Waals surface area contributed by atoms with Crippen molar-refractivity contribution in [2.45, 2.75) is 62.9 Å². The van der Waals surface area contributed by atoms with Crippen LogP contribution in [0.25, 0.3) is 0 Å². The van der Waals surface area contributed by atoms with E-state index in [9.17, 15) is 4.79 Å². The molecule has 1 aromatic carbocycles. The van der Waals surface area contributed by atoms with E-state index in [1.54, 1.807) is 14.2 Å². The minimum absolute atomic E-state index is 0.0920. The topological polar surface area (TPSA) is 50.8 Å². The summed E-state index contributed by atoms with van der Waals surface area (Å²) in [5.74, 6) is 4.47.